The molecule has 0 saturated heterocycles. The van der Waals surface area contributed by atoms with Crippen LogP contribution in [0.3, 0.4) is 0 Å². The largest absolute Gasteiger partial charge is 0.494 e. The quantitative estimate of drug-likeness (QED) is 0.262. The number of amides is 2. The molecule has 220 valence electrons. The number of hydrogen-bond acceptors (Lipinski definition) is 5. The van der Waals surface area contributed by atoms with Gasteiger partial charge in [-0.25, -0.2) is 8.42 Å². The van der Waals surface area contributed by atoms with Gasteiger partial charge < -0.3 is 15.0 Å². The fraction of sp³-hybridized carbons (Fsp3) is 0.333. The Balaban J connectivity index is 1.99. The molecule has 0 radical (unpaired) electrons. The van der Waals surface area contributed by atoms with Gasteiger partial charge in [-0.1, -0.05) is 61.3 Å². The lowest BCUT2D eigenvalue weighted by Gasteiger charge is -2.32. The molecule has 3 rings (SSSR count). The summed E-state index contributed by atoms with van der Waals surface area (Å²) in [7, 11) is -4.18. The van der Waals surface area contributed by atoms with E-state index in [4.69, 9.17) is 27.9 Å². The fourth-order valence-electron chi connectivity index (χ4n) is 3.99. The first-order chi connectivity index (χ1) is 19.4. The van der Waals surface area contributed by atoms with Gasteiger partial charge in [0.25, 0.3) is 10.0 Å². The van der Waals surface area contributed by atoms with Gasteiger partial charge in [-0.3, -0.25) is 13.9 Å². The zero-order chi connectivity index (χ0) is 30.2. The molecule has 2 amide bonds. The van der Waals surface area contributed by atoms with Gasteiger partial charge in [0.15, 0.2) is 0 Å². The average Bonchev–Trinajstić information content (AvgIpc) is 2.95. The second-order valence-electron chi connectivity index (χ2n) is 9.84. The number of ether oxygens (including phenoxy) is 1. The van der Waals surface area contributed by atoms with Crippen molar-refractivity contribution in [2.45, 2.75) is 45.2 Å². The van der Waals surface area contributed by atoms with Crippen LogP contribution in [0.5, 0.6) is 5.75 Å². The fourth-order valence-corrected chi connectivity index (χ4v) is 5.73. The Morgan fingerprint density at radius 3 is 2.17 bits per heavy atom. The van der Waals surface area contributed by atoms with E-state index >= 15 is 0 Å². The number of nitrogens with zero attached hydrogens (tertiary/aromatic N) is 2. The predicted molar refractivity (Wildman–Crippen MR) is 163 cm³/mol. The number of rotatable bonds is 13. The first-order valence-corrected chi connectivity index (χ1v) is 15.4. The van der Waals surface area contributed by atoms with E-state index in [0.29, 0.717) is 40.2 Å². The summed E-state index contributed by atoms with van der Waals surface area (Å²) in [5.41, 5.74) is 0.943. The maximum Gasteiger partial charge on any atom is 0.264 e. The average molecular weight is 621 g/mol. The lowest BCUT2D eigenvalue weighted by atomic mass is 10.1. The molecule has 41 heavy (non-hydrogen) atoms. The number of nitrogens with one attached hydrogen (secondary N) is 1. The summed E-state index contributed by atoms with van der Waals surface area (Å²) < 4.78 is 34.3. The Labute approximate surface area is 252 Å². The maximum atomic E-state index is 13.9. The Morgan fingerprint density at radius 2 is 1.59 bits per heavy atom. The Kier molecular flexibility index (Phi) is 11.5. The molecular weight excluding hydrogens is 585 g/mol. The number of hydrogen-bond donors (Lipinski definition) is 1. The van der Waals surface area contributed by atoms with Crippen molar-refractivity contribution < 1.29 is 22.7 Å². The van der Waals surface area contributed by atoms with Gasteiger partial charge in [-0.2, -0.15) is 0 Å². The van der Waals surface area contributed by atoms with Crippen LogP contribution < -0.4 is 14.4 Å². The van der Waals surface area contributed by atoms with E-state index in [1.165, 1.54) is 17.0 Å². The lowest BCUT2D eigenvalue weighted by molar-refractivity contribution is -0.139. The van der Waals surface area contributed by atoms with Crippen molar-refractivity contribution in [1.82, 2.24) is 10.2 Å². The molecule has 0 aliphatic carbocycles. The number of sulfonamides is 1. The molecule has 11 heteroatoms. The molecule has 8 nitrogen and oxygen atoms in total. The summed E-state index contributed by atoms with van der Waals surface area (Å²) >= 11 is 12.3. The molecule has 0 aromatic heterocycles. The minimum atomic E-state index is -4.18. The summed E-state index contributed by atoms with van der Waals surface area (Å²) in [6.45, 7) is 7.72. The molecule has 0 bridgehead atoms. The van der Waals surface area contributed by atoms with Crippen LogP contribution in [0.25, 0.3) is 0 Å². The third-order valence-corrected chi connectivity index (χ3v) is 8.76. The molecule has 1 atom stereocenters. The van der Waals surface area contributed by atoms with E-state index in [1.54, 1.807) is 67.6 Å². The van der Waals surface area contributed by atoms with Crippen LogP contribution in [0.15, 0.2) is 77.7 Å². The van der Waals surface area contributed by atoms with Crippen LogP contribution in [-0.4, -0.2) is 50.9 Å². The normalized spacial score (nSPS) is 12.1. The van der Waals surface area contributed by atoms with Gasteiger partial charge in [0.2, 0.25) is 11.8 Å². The molecule has 0 heterocycles. The summed E-state index contributed by atoms with van der Waals surface area (Å²) in [6.07, 6.45) is 0. The highest BCUT2D eigenvalue weighted by molar-refractivity contribution is 7.92. The minimum Gasteiger partial charge on any atom is -0.494 e. The molecular formula is C30H35Cl2N3O5S. The van der Waals surface area contributed by atoms with E-state index in [1.807, 2.05) is 20.8 Å². The summed E-state index contributed by atoms with van der Waals surface area (Å²) in [6, 6.07) is 18.4. The van der Waals surface area contributed by atoms with Gasteiger partial charge in [-0.05, 0) is 73.9 Å². The zero-order valence-corrected chi connectivity index (χ0v) is 25.8. The van der Waals surface area contributed by atoms with Crippen molar-refractivity contribution in [3.05, 3.63) is 88.4 Å². The highest BCUT2D eigenvalue weighted by atomic mass is 35.5. The van der Waals surface area contributed by atoms with Crippen LogP contribution in [0.1, 0.15) is 33.3 Å². The van der Waals surface area contributed by atoms with Crippen molar-refractivity contribution in [3.63, 3.8) is 0 Å². The number of carbonyl (C=O) groups is 2. The van der Waals surface area contributed by atoms with Crippen molar-refractivity contribution >= 4 is 50.7 Å². The first-order valence-electron chi connectivity index (χ1n) is 13.3. The van der Waals surface area contributed by atoms with Crippen LogP contribution in [0.2, 0.25) is 10.0 Å². The third kappa shape index (κ3) is 8.61. The molecule has 3 aromatic rings. The Bertz CT molecular complexity index is 1430. The van der Waals surface area contributed by atoms with Gasteiger partial charge in [0, 0.05) is 13.1 Å². The van der Waals surface area contributed by atoms with Gasteiger partial charge in [0.05, 0.1) is 27.2 Å². The second-order valence-corrected chi connectivity index (χ2v) is 12.5. The minimum absolute atomic E-state index is 0.00337. The third-order valence-electron chi connectivity index (χ3n) is 6.23. The summed E-state index contributed by atoms with van der Waals surface area (Å²) in [5.74, 6) is -0.185. The number of para-hydroxylation sites is 1. The van der Waals surface area contributed by atoms with E-state index < -0.39 is 28.5 Å². The van der Waals surface area contributed by atoms with E-state index in [9.17, 15) is 18.0 Å². The molecule has 1 N–H and O–H groups in total. The van der Waals surface area contributed by atoms with Crippen LogP contribution >= 0.6 is 23.2 Å². The molecule has 0 aliphatic rings. The second kappa shape index (κ2) is 14.6. The highest BCUT2D eigenvalue weighted by Gasteiger charge is 2.32. The monoisotopic (exact) mass is 619 g/mol. The topological polar surface area (TPSA) is 96.0 Å². The SMILES string of the molecule is CCOc1ccc(S(=O)(=O)N(CC(=O)N(Cc2ccc(Cl)c(Cl)c2)[C@@H](C)C(=O)NCC(C)C)c2ccccc2)cc1. The highest BCUT2D eigenvalue weighted by Crippen LogP contribution is 2.27. The number of carbonyl (C=O) groups excluding carboxylic acids is 2. The van der Waals surface area contributed by atoms with Crippen molar-refractivity contribution in [3.8, 4) is 5.75 Å². The number of halogens is 2. The maximum absolute atomic E-state index is 13.9. The lowest BCUT2D eigenvalue weighted by Crippen LogP contribution is -2.51. The Morgan fingerprint density at radius 1 is 0.927 bits per heavy atom. The standard InChI is InChI=1S/C30H35Cl2N3O5S/c1-5-40-25-12-14-26(15-13-25)41(38,39)35(24-9-7-6-8-10-24)20-29(36)34(22(4)30(37)33-18-21(2)3)19-23-11-16-27(31)28(32)17-23/h6-17,21-22H,5,18-20H2,1-4H3,(H,33,37)/t22-/m0/s1. The van der Waals surface area contributed by atoms with Crippen molar-refractivity contribution in [1.29, 1.82) is 0 Å². The van der Waals surface area contributed by atoms with Gasteiger partial charge in [0.1, 0.15) is 18.3 Å². The van der Waals surface area contributed by atoms with E-state index in [-0.39, 0.29) is 23.3 Å². The van der Waals surface area contributed by atoms with Crippen molar-refractivity contribution in [2.75, 3.05) is 24.0 Å². The number of anilines is 1. The van der Waals surface area contributed by atoms with Crippen molar-refractivity contribution in [2.24, 2.45) is 5.92 Å². The van der Waals surface area contributed by atoms with E-state index in [2.05, 4.69) is 5.32 Å². The Hall–Kier alpha value is -3.27. The number of benzene rings is 3. The molecule has 0 unspecified atom stereocenters. The molecule has 0 saturated carbocycles. The zero-order valence-electron chi connectivity index (χ0n) is 23.5. The molecule has 0 fully saturated rings. The summed E-state index contributed by atoms with van der Waals surface area (Å²) in [4.78, 5) is 28.4. The van der Waals surface area contributed by atoms with Gasteiger partial charge in [-0.15, -0.1) is 0 Å². The molecule has 0 aliphatic heterocycles. The van der Waals surface area contributed by atoms with E-state index in [0.717, 1.165) is 4.31 Å². The van der Waals surface area contributed by atoms with Gasteiger partial charge >= 0.3 is 0 Å². The first kappa shape index (κ1) is 32.2. The smallest absolute Gasteiger partial charge is 0.264 e. The molecule has 0 spiro atoms. The summed E-state index contributed by atoms with van der Waals surface area (Å²) in [5, 5.41) is 3.51. The van der Waals surface area contributed by atoms with Crippen LogP contribution in [-0.2, 0) is 26.2 Å². The van der Waals surface area contributed by atoms with Crippen LogP contribution in [0.4, 0.5) is 5.69 Å². The van der Waals surface area contributed by atoms with Crippen LogP contribution in [0, 0.1) is 5.92 Å². The molecule has 3 aromatic carbocycles. The predicted octanol–water partition coefficient (Wildman–Crippen LogP) is 5.78.